The molecule has 7 rings (SSSR count). The van der Waals surface area contributed by atoms with Crippen molar-refractivity contribution in [2.75, 3.05) is 45.9 Å². The summed E-state index contributed by atoms with van der Waals surface area (Å²) < 4.78 is 37.7. The number of halogens is 1. The molecule has 0 unspecified atom stereocenters. The molecule has 0 bridgehead atoms. The number of benzene rings is 2. The van der Waals surface area contributed by atoms with Crippen molar-refractivity contribution < 1.29 is 23.4 Å². The first-order valence-corrected chi connectivity index (χ1v) is 24.6. The fraction of sp³-hybridized carbons (Fsp3) is 0.439. The summed E-state index contributed by atoms with van der Waals surface area (Å²) in [5, 5.41) is 10.9. The van der Waals surface area contributed by atoms with Crippen LogP contribution in [-0.2, 0) is 42.6 Å². The monoisotopic (exact) mass is 830 g/mol. The van der Waals surface area contributed by atoms with E-state index in [4.69, 9.17) is 29.3 Å². The Morgan fingerprint density at radius 3 is 2.67 bits per heavy atom. The average Bonchev–Trinajstić information content (AvgIpc) is 3.84. The van der Waals surface area contributed by atoms with Gasteiger partial charge in [-0.25, -0.2) is 14.2 Å². The summed E-state index contributed by atoms with van der Waals surface area (Å²) in [7, 11) is 6.07. The molecule has 0 atom stereocenters. The number of hydrogen-bond acceptors (Lipinski definition) is 12. The number of aryl methyl sites for hydroxylation is 2. The second-order valence-corrected chi connectivity index (χ2v) is 23.7. The number of nitrogens with zero attached hydrogens (tertiary/aromatic N) is 8. The molecule has 2 aromatic carbocycles. The highest BCUT2D eigenvalue weighted by Crippen LogP contribution is 2.39. The van der Waals surface area contributed by atoms with E-state index in [-0.39, 0.29) is 18.1 Å². The Labute approximate surface area is 341 Å². The lowest BCUT2D eigenvalue weighted by atomic mass is 10.0. The first-order chi connectivity index (χ1) is 27.3. The first kappa shape index (κ1) is 40.7. The van der Waals surface area contributed by atoms with Crippen molar-refractivity contribution in [1.29, 1.82) is 0 Å². The predicted octanol–water partition coefficient (Wildman–Crippen LogP) is 8.38. The van der Waals surface area contributed by atoms with Crippen LogP contribution < -0.4 is 14.4 Å². The Hall–Kier alpha value is -4.48. The molecule has 57 heavy (non-hydrogen) atoms. The Morgan fingerprint density at radius 1 is 1.09 bits per heavy atom. The van der Waals surface area contributed by atoms with E-state index in [0.29, 0.717) is 50.2 Å². The Kier molecular flexibility index (Phi) is 12.3. The van der Waals surface area contributed by atoms with Gasteiger partial charge in [0.15, 0.2) is 38.8 Å². The van der Waals surface area contributed by atoms with Gasteiger partial charge in [0.25, 0.3) is 0 Å². The molecule has 1 aliphatic rings. The molecule has 12 nitrogen and oxygen atoms in total. The minimum absolute atomic E-state index is 0.205. The van der Waals surface area contributed by atoms with Crippen molar-refractivity contribution in [3.8, 4) is 5.75 Å². The number of rotatable bonds is 15. The van der Waals surface area contributed by atoms with Crippen LogP contribution in [-0.4, -0.2) is 84.2 Å². The molecule has 0 aliphatic carbocycles. The number of aromatic nitrogens is 5. The van der Waals surface area contributed by atoms with Crippen LogP contribution in [0.25, 0.3) is 21.1 Å². The first-order valence-electron chi connectivity index (χ1n) is 19.3. The van der Waals surface area contributed by atoms with E-state index in [0.717, 1.165) is 72.2 Å². The van der Waals surface area contributed by atoms with Gasteiger partial charge in [0, 0.05) is 68.5 Å². The number of anilines is 2. The number of thiazole rings is 2. The third-order valence-corrected chi connectivity index (χ3v) is 14.0. The van der Waals surface area contributed by atoms with Gasteiger partial charge in [0.05, 0.1) is 29.5 Å². The van der Waals surface area contributed by atoms with Crippen LogP contribution in [0.3, 0.4) is 0 Å². The van der Waals surface area contributed by atoms with Gasteiger partial charge in [-0.15, -0.1) is 21.5 Å². The van der Waals surface area contributed by atoms with Gasteiger partial charge in [-0.3, -0.25) is 4.57 Å². The smallest absolute Gasteiger partial charge is 0.357 e. The zero-order chi connectivity index (χ0) is 40.4. The summed E-state index contributed by atoms with van der Waals surface area (Å²) in [6.07, 6.45) is 4.77. The van der Waals surface area contributed by atoms with Crippen LogP contribution in [0.2, 0.25) is 25.7 Å². The second kappa shape index (κ2) is 17.2. The van der Waals surface area contributed by atoms with Crippen molar-refractivity contribution in [2.24, 2.45) is 12.0 Å². The third kappa shape index (κ3) is 8.99. The van der Waals surface area contributed by atoms with Gasteiger partial charge >= 0.3 is 5.97 Å². The van der Waals surface area contributed by atoms with Crippen LogP contribution in [0.4, 0.5) is 21.2 Å². The number of para-hydroxylation sites is 1. The fourth-order valence-corrected chi connectivity index (χ4v) is 9.95. The molecule has 0 saturated carbocycles. The Balaban J connectivity index is 1.10. The largest absolute Gasteiger partial charge is 0.490 e. The lowest BCUT2D eigenvalue weighted by Gasteiger charge is -2.28. The lowest BCUT2D eigenvalue weighted by Crippen LogP contribution is -2.27. The highest BCUT2D eigenvalue weighted by molar-refractivity contribution is 7.16. The highest BCUT2D eigenvalue weighted by atomic mass is 32.1. The van der Waals surface area contributed by atoms with E-state index in [1.807, 2.05) is 55.9 Å². The molecule has 0 spiro atoms. The van der Waals surface area contributed by atoms with Crippen molar-refractivity contribution in [3.63, 3.8) is 0 Å². The van der Waals surface area contributed by atoms with Crippen molar-refractivity contribution >= 4 is 74.6 Å². The maximum atomic E-state index is 15.2. The molecule has 0 amide bonds. The number of esters is 1. The van der Waals surface area contributed by atoms with Crippen molar-refractivity contribution in [3.05, 3.63) is 80.5 Å². The lowest BCUT2D eigenvalue weighted by molar-refractivity contribution is 0.0593. The zero-order valence-corrected chi connectivity index (χ0v) is 36.7. The van der Waals surface area contributed by atoms with Crippen molar-refractivity contribution in [1.82, 2.24) is 29.2 Å². The van der Waals surface area contributed by atoms with Crippen molar-refractivity contribution in [2.45, 2.75) is 71.6 Å². The van der Waals surface area contributed by atoms with E-state index in [2.05, 4.69) is 46.3 Å². The SMILES string of the molecule is COC(=O)c1nc(N2CCCc3c2nnc(/N=c2\sc4ccccc4n2COCC[Si](C)(C)C)c3C)sc1CCCOc1cc2c(cc1F)c(CN(C)C)cn2C. The van der Waals surface area contributed by atoms with E-state index in [1.165, 1.54) is 18.4 Å². The molecule has 6 aromatic rings. The maximum Gasteiger partial charge on any atom is 0.357 e. The standard InChI is InChI=1S/C41H51FN8O4S2Si/c1-26-28-13-11-17-49(38(28)46-45-37(26)44-41-50(25-53-19-20-57(6,7)8)31-14-9-10-15-34(31)55-41)40-43-36(39(51)52-5)35(56-40)16-12-18-54-33-22-32-29(21-30(33)42)27(23-47(2)3)24-48(32)4/h9-10,14-15,21-22,24H,11-13,16-20,23,25H2,1-8H3/b44-41-. The molecular weight excluding hydrogens is 780 g/mol. The van der Waals surface area contributed by atoms with Gasteiger partial charge in [0.2, 0.25) is 0 Å². The van der Waals surface area contributed by atoms with Gasteiger partial charge in [-0.1, -0.05) is 43.1 Å². The molecule has 4 aromatic heterocycles. The minimum Gasteiger partial charge on any atom is -0.490 e. The van der Waals surface area contributed by atoms with E-state index < -0.39 is 19.9 Å². The number of methoxy groups -OCH3 is 1. The van der Waals surface area contributed by atoms with Gasteiger partial charge in [0.1, 0.15) is 6.73 Å². The van der Waals surface area contributed by atoms with Crippen LogP contribution in [0.5, 0.6) is 5.75 Å². The molecule has 5 heterocycles. The number of fused-ring (bicyclic) bond motifs is 3. The van der Waals surface area contributed by atoms with Gasteiger partial charge < -0.3 is 28.6 Å². The predicted molar refractivity (Wildman–Crippen MR) is 229 cm³/mol. The quantitative estimate of drug-likeness (QED) is 0.0573. The summed E-state index contributed by atoms with van der Waals surface area (Å²) in [4.78, 5) is 28.5. The number of carbonyl (C=O) groups is 1. The molecule has 0 N–H and O–H groups in total. The average molecular weight is 831 g/mol. The second-order valence-electron chi connectivity index (χ2n) is 16.0. The third-order valence-electron chi connectivity index (χ3n) is 10.1. The minimum atomic E-state index is -1.22. The fourth-order valence-electron chi connectivity index (χ4n) is 7.05. The summed E-state index contributed by atoms with van der Waals surface area (Å²) in [5.41, 5.74) is 5.33. The molecule has 0 radical (unpaired) electrons. The summed E-state index contributed by atoms with van der Waals surface area (Å²) in [6.45, 7) is 11.9. The summed E-state index contributed by atoms with van der Waals surface area (Å²) in [5.74, 6) is 0.597. The zero-order valence-electron chi connectivity index (χ0n) is 34.0. The van der Waals surface area contributed by atoms with Crippen LogP contribution in [0.1, 0.15) is 44.9 Å². The van der Waals surface area contributed by atoms with Crippen LogP contribution in [0, 0.1) is 12.7 Å². The topological polar surface area (TPSA) is 112 Å². The Bertz CT molecular complexity index is 2480. The maximum absolute atomic E-state index is 15.2. The van der Waals surface area contributed by atoms with Gasteiger partial charge in [-0.2, -0.15) is 4.99 Å². The van der Waals surface area contributed by atoms with Crippen LogP contribution in [0.15, 0.2) is 47.6 Å². The van der Waals surface area contributed by atoms with E-state index in [1.54, 1.807) is 23.5 Å². The normalized spacial score (nSPS) is 13.6. The molecule has 1 aliphatic heterocycles. The summed E-state index contributed by atoms with van der Waals surface area (Å²) >= 11 is 3.04. The molecule has 0 fully saturated rings. The molecular formula is C41H51FN8O4S2Si. The highest BCUT2D eigenvalue weighted by Gasteiger charge is 2.29. The van der Waals surface area contributed by atoms with Gasteiger partial charge in [-0.05, 0) is 76.5 Å². The Morgan fingerprint density at radius 2 is 1.89 bits per heavy atom. The number of hydrogen-bond donors (Lipinski definition) is 0. The van der Waals surface area contributed by atoms with E-state index in [9.17, 15) is 4.79 Å². The summed E-state index contributed by atoms with van der Waals surface area (Å²) in [6, 6.07) is 12.7. The molecule has 302 valence electrons. The van der Waals surface area contributed by atoms with E-state index >= 15 is 4.39 Å². The number of carbonyl (C=O) groups excluding carboxylic acids is 1. The molecule has 16 heteroatoms. The molecule has 0 saturated heterocycles. The number of ether oxygens (including phenoxy) is 3. The van der Waals surface area contributed by atoms with Crippen LogP contribution >= 0.6 is 22.7 Å².